The Labute approximate surface area is 128 Å². The molecule has 2 heterocycles. The molecule has 1 unspecified atom stereocenters. The Kier molecular flexibility index (Phi) is 5.24. The van der Waals surface area contributed by atoms with Crippen LogP contribution in [0.4, 0.5) is 0 Å². The first-order valence-electron chi connectivity index (χ1n) is 5.84. The first-order valence-corrected chi connectivity index (χ1v) is 7.78. The minimum Gasteiger partial charge on any atom is -0.469 e. The van der Waals surface area contributed by atoms with Crippen molar-refractivity contribution in [3.63, 3.8) is 0 Å². The number of halogens is 1. The van der Waals surface area contributed by atoms with E-state index in [4.69, 9.17) is 8.83 Å². The number of ether oxygens (including phenoxy) is 1. The van der Waals surface area contributed by atoms with Crippen molar-refractivity contribution >= 4 is 33.7 Å². The number of esters is 1. The fraction of sp³-hybridized carbons (Fsp3) is 0.417. The molecule has 2 aromatic heterocycles. The number of aromatic nitrogens is 2. The molecule has 0 aliphatic rings. The Morgan fingerprint density at radius 3 is 2.90 bits per heavy atom. The number of methoxy groups -OCH3 is 1. The largest absolute Gasteiger partial charge is 0.469 e. The highest BCUT2D eigenvalue weighted by Crippen LogP contribution is 2.25. The highest BCUT2D eigenvalue weighted by Gasteiger charge is 2.15. The van der Waals surface area contributed by atoms with Crippen LogP contribution in [0.25, 0.3) is 11.7 Å². The molecule has 8 heteroatoms. The van der Waals surface area contributed by atoms with Crippen LogP contribution < -0.4 is 0 Å². The lowest BCUT2D eigenvalue weighted by Gasteiger charge is -2.06. The summed E-state index contributed by atoms with van der Waals surface area (Å²) >= 11 is 4.74. The molecule has 20 heavy (non-hydrogen) atoms. The SMILES string of the molecule is COC(=O)C(C)CSCc1nnc(-c2ccc(Br)o2)o1. The molecule has 0 saturated heterocycles. The van der Waals surface area contributed by atoms with E-state index in [1.54, 1.807) is 12.1 Å². The third kappa shape index (κ3) is 3.86. The van der Waals surface area contributed by atoms with Crippen LogP contribution in [-0.2, 0) is 15.3 Å². The zero-order chi connectivity index (χ0) is 14.5. The van der Waals surface area contributed by atoms with E-state index in [9.17, 15) is 4.79 Å². The lowest BCUT2D eigenvalue weighted by Crippen LogP contribution is -2.14. The third-order valence-corrected chi connectivity index (χ3v) is 4.06. The van der Waals surface area contributed by atoms with Gasteiger partial charge in [-0.1, -0.05) is 6.92 Å². The van der Waals surface area contributed by atoms with Gasteiger partial charge in [-0.2, -0.15) is 11.8 Å². The number of carbonyl (C=O) groups excluding carboxylic acids is 1. The van der Waals surface area contributed by atoms with Gasteiger partial charge in [0.1, 0.15) is 0 Å². The first kappa shape index (κ1) is 15.1. The van der Waals surface area contributed by atoms with Crippen LogP contribution in [0.5, 0.6) is 0 Å². The lowest BCUT2D eigenvalue weighted by molar-refractivity contribution is -0.143. The van der Waals surface area contributed by atoms with Crippen molar-refractivity contribution in [3.8, 4) is 11.7 Å². The Morgan fingerprint density at radius 1 is 1.45 bits per heavy atom. The van der Waals surface area contributed by atoms with Gasteiger partial charge in [0.05, 0.1) is 18.8 Å². The molecule has 0 amide bonds. The lowest BCUT2D eigenvalue weighted by atomic mass is 10.2. The van der Waals surface area contributed by atoms with Gasteiger partial charge in [0, 0.05) is 5.75 Å². The van der Waals surface area contributed by atoms with E-state index in [-0.39, 0.29) is 11.9 Å². The molecule has 2 rings (SSSR count). The van der Waals surface area contributed by atoms with Gasteiger partial charge in [0.2, 0.25) is 5.89 Å². The maximum absolute atomic E-state index is 11.2. The second-order valence-electron chi connectivity index (χ2n) is 4.04. The van der Waals surface area contributed by atoms with Crippen molar-refractivity contribution in [1.82, 2.24) is 10.2 Å². The van der Waals surface area contributed by atoms with Crippen molar-refractivity contribution < 1.29 is 18.4 Å². The number of furan rings is 1. The minimum absolute atomic E-state index is 0.159. The van der Waals surface area contributed by atoms with Gasteiger partial charge < -0.3 is 13.6 Å². The molecule has 0 bridgehead atoms. The van der Waals surface area contributed by atoms with E-state index in [0.29, 0.717) is 33.7 Å². The number of hydrogen-bond donors (Lipinski definition) is 0. The average Bonchev–Trinajstić information content (AvgIpc) is 3.06. The molecule has 108 valence electrons. The Hall–Kier alpha value is -1.28. The third-order valence-electron chi connectivity index (χ3n) is 2.45. The van der Waals surface area contributed by atoms with E-state index >= 15 is 0 Å². The number of nitrogens with zero attached hydrogens (tertiary/aromatic N) is 2. The van der Waals surface area contributed by atoms with Crippen LogP contribution in [-0.4, -0.2) is 29.0 Å². The molecule has 0 radical (unpaired) electrons. The van der Waals surface area contributed by atoms with Gasteiger partial charge in [0.25, 0.3) is 5.89 Å². The van der Waals surface area contributed by atoms with E-state index in [2.05, 4.69) is 30.9 Å². The number of rotatable bonds is 6. The van der Waals surface area contributed by atoms with Crippen LogP contribution in [0, 0.1) is 5.92 Å². The topological polar surface area (TPSA) is 78.4 Å². The molecular formula is C12H13BrN2O4S. The summed E-state index contributed by atoms with van der Waals surface area (Å²) in [4.78, 5) is 11.2. The molecule has 0 spiro atoms. The van der Waals surface area contributed by atoms with Gasteiger partial charge in [-0.3, -0.25) is 4.79 Å². The molecule has 6 nitrogen and oxygen atoms in total. The maximum Gasteiger partial charge on any atom is 0.309 e. The summed E-state index contributed by atoms with van der Waals surface area (Å²) < 4.78 is 16.1. The van der Waals surface area contributed by atoms with Gasteiger partial charge in [0.15, 0.2) is 10.4 Å². The van der Waals surface area contributed by atoms with Crippen LogP contribution >= 0.6 is 27.7 Å². The van der Waals surface area contributed by atoms with Crippen molar-refractivity contribution in [3.05, 3.63) is 22.7 Å². The van der Waals surface area contributed by atoms with Gasteiger partial charge >= 0.3 is 5.97 Å². The second kappa shape index (κ2) is 6.94. The summed E-state index contributed by atoms with van der Waals surface area (Å²) in [5.41, 5.74) is 0. The zero-order valence-electron chi connectivity index (χ0n) is 11.0. The maximum atomic E-state index is 11.2. The van der Waals surface area contributed by atoms with E-state index in [1.165, 1.54) is 18.9 Å². The second-order valence-corrected chi connectivity index (χ2v) is 5.86. The van der Waals surface area contributed by atoms with Crippen molar-refractivity contribution in [2.45, 2.75) is 12.7 Å². The van der Waals surface area contributed by atoms with Crippen LogP contribution in [0.1, 0.15) is 12.8 Å². The summed E-state index contributed by atoms with van der Waals surface area (Å²) in [5, 5.41) is 7.85. The minimum atomic E-state index is -0.218. The van der Waals surface area contributed by atoms with E-state index in [0.717, 1.165) is 0 Å². The average molecular weight is 361 g/mol. The Balaban J connectivity index is 1.86. The quantitative estimate of drug-likeness (QED) is 0.732. The molecule has 0 aliphatic carbocycles. The highest BCUT2D eigenvalue weighted by atomic mass is 79.9. The molecule has 1 atom stereocenters. The standard InChI is InChI=1S/C12H13BrN2O4S/c1-7(12(16)17-2)5-20-6-10-14-15-11(19-10)8-3-4-9(13)18-8/h3-4,7H,5-6H2,1-2H3. The molecule has 0 aromatic carbocycles. The summed E-state index contributed by atoms with van der Waals surface area (Å²) in [5.74, 6) is 2.15. The number of thioether (sulfide) groups is 1. The van der Waals surface area contributed by atoms with Gasteiger partial charge in [-0.25, -0.2) is 0 Å². The summed E-state index contributed by atoms with van der Waals surface area (Å²) in [6.45, 7) is 1.82. The first-order chi connectivity index (χ1) is 9.60. The van der Waals surface area contributed by atoms with Gasteiger partial charge in [-0.15, -0.1) is 10.2 Å². The summed E-state index contributed by atoms with van der Waals surface area (Å²) in [6.07, 6.45) is 0. The number of hydrogen-bond acceptors (Lipinski definition) is 7. The van der Waals surface area contributed by atoms with Crippen molar-refractivity contribution in [2.75, 3.05) is 12.9 Å². The Bertz CT molecular complexity index is 584. The zero-order valence-corrected chi connectivity index (χ0v) is 13.4. The summed E-state index contributed by atoms with van der Waals surface area (Å²) in [6, 6.07) is 3.50. The summed E-state index contributed by atoms with van der Waals surface area (Å²) in [7, 11) is 1.38. The van der Waals surface area contributed by atoms with Crippen LogP contribution in [0.15, 0.2) is 25.6 Å². The van der Waals surface area contributed by atoms with Gasteiger partial charge in [-0.05, 0) is 28.1 Å². The predicted molar refractivity (Wildman–Crippen MR) is 77.0 cm³/mol. The smallest absolute Gasteiger partial charge is 0.309 e. The molecular weight excluding hydrogens is 348 g/mol. The van der Waals surface area contributed by atoms with E-state index in [1.807, 2.05) is 6.92 Å². The Morgan fingerprint density at radius 2 is 2.25 bits per heavy atom. The van der Waals surface area contributed by atoms with Crippen molar-refractivity contribution in [2.24, 2.45) is 5.92 Å². The molecule has 0 aliphatic heterocycles. The van der Waals surface area contributed by atoms with Crippen LogP contribution in [0.3, 0.4) is 0 Å². The van der Waals surface area contributed by atoms with Crippen molar-refractivity contribution in [1.29, 1.82) is 0 Å². The fourth-order valence-electron chi connectivity index (χ4n) is 1.43. The fourth-order valence-corrected chi connectivity index (χ4v) is 2.64. The molecule has 0 N–H and O–H groups in total. The molecule has 0 saturated carbocycles. The molecule has 2 aromatic rings. The number of carbonyl (C=O) groups is 1. The normalized spacial score (nSPS) is 12.3. The monoisotopic (exact) mass is 360 g/mol. The van der Waals surface area contributed by atoms with Crippen LogP contribution in [0.2, 0.25) is 0 Å². The predicted octanol–water partition coefficient (Wildman–Crippen LogP) is 3.13. The highest BCUT2D eigenvalue weighted by molar-refractivity contribution is 9.10. The van der Waals surface area contributed by atoms with E-state index < -0.39 is 0 Å². The molecule has 0 fully saturated rings.